The van der Waals surface area contributed by atoms with E-state index in [0.717, 1.165) is 65.4 Å². The fourth-order valence-corrected chi connectivity index (χ4v) is 5.08. The Morgan fingerprint density at radius 2 is 1.95 bits per heavy atom. The van der Waals surface area contributed by atoms with E-state index in [1.165, 1.54) is 12.1 Å². The van der Waals surface area contributed by atoms with Crippen LogP contribution in [0.15, 0.2) is 79.2 Å². The van der Waals surface area contributed by atoms with Crippen LogP contribution >= 0.6 is 0 Å². The summed E-state index contributed by atoms with van der Waals surface area (Å²) in [4.78, 5) is 12.8. The molecule has 40 heavy (non-hydrogen) atoms. The Morgan fingerprint density at radius 1 is 1.10 bits per heavy atom. The van der Waals surface area contributed by atoms with Crippen molar-refractivity contribution < 1.29 is 14.2 Å². The van der Waals surface area contributed by atoms with Gasteiger partial charge in [0.1, 0.15) is 34.6 Å². The highest BCUT2D eigenvalue weighted by atomic mass is 19.1. The van der Waals surface area contributed by atoms with Gasteiger partial charge in [-0.3, -0.25) is 10.1 Å². The minimum Gasteiger partial charge on any atom is -0.508 e. The molecule has 5 aromatic rings. The molecule has 5 heterocycles. The summed E-state index contributed by atoms with van der Waals surface area (Å²) < 4.78 is 20.2. The van der Waals surface area contributed by atoms with Crippen LogP contribution in [0.2, 0.25) is 0 Å². The maximum atomic E-state index is 14.0. The van der Waals surface area contributed by atoms with Crippen LogP contribution in [0.5, 0.6) is 5.75 Å². The van der Waals surface area contributed by atoms with Gasteiger partial charge in [0.15, 0.2) is 0 Å². The van der Waals surface area contributed by atoms with E-state index in [4.69, 9.17) is 9.72 Å². The normalized spacial score (nSPS) is 15.2. The number of nitrogens with one attached hydrogen (secondary N) is 3. The molecule has 0 atom stereocenters. The first-order chi connectivity index (χ1) is 19.5. The van der Waals surface area contributed by atoms with Crippen molar-refractivity contribution in [2.75, 3.05) is 13.1 Å². The number of phenolic OH excluding ortho intramolecular Hbond substituents is 1. The molecule has 4 N–H and O–H groups in total. The third-order valence-corrected chi connectivity index (χ3v) is 7.06. The number of aromatic nitrogens is 5. The molecule has 1 saturated heterocycles. The Kier molecular flexibility index (Phi) is 6.88. The van der Waals surface area contributed by atoms with E-state index in [9.17, 15) is 9.50 Å². The minimum atomic E-state index is -0.533. The van der Waals surface area contributed by atoms with Gasteiger partial charge in [0.25, 0.3) is 0 Å². The highest BCUT2D eigenvalue weighted by Crippen LogP contribution is 2.34. The fourth-order valence-electron chi connectivity index (χ4n) is 5.08. The van der Waals surface area contributed by atoms with E-state index in [1.807, 2.05) is 43.3 Å². The second kappa shape index (κ2) is 10.8. The van der Waals surface area contributed by atoms with Crippen LogP contribution in [0.25, 0.3) is 50.2 Å². The number of aromatic hydroxyl groups is 1. The van der Waals surface area contributed by atoms with Crippen molar-refractivity contribution in [3.05, 3.63) is 90.7 Å². The first-order valence-electron chi connectivity index (χ1n) is 13.2. The van der Waals surface area contributed by atoms with Gasteiger partial charge in [0.2, 0.25) is 0 Å². The average Bonchev–Trinajstić information content (AvgIpc) is 3.59. The standard InChI is InChI=1S/C31H29FN6O2/c1-3-18(15-22(4-2)40-23-7-10-33-11-8-23)25-5-6-27-30(36-25)31(38-37-27)28-17-24-26(35-28)9-12-34-29(24)19-13-20(32)16-21(39)14-19/h3-6,9,12-17,23,33,35,39H,2,7-8,10-11H2,1H3,(H,37,38)/b18-3+,22-15+. The second-order valence-electron chi connectivity index (χ2n) is 9.73. The van der Waals surface area contributed by atoms with Crippen molar-refractivity contribution in [3.63, 3.8) is 0 Å². The molecular weight excluding hydrogens is 507 g/mol. The first-order valence-corrected chi connectivity index (χ1v) is 13.2. The largest absolute Gasteiger partial charge is 0.508 e. The van der Waals surface area contributed by atoms with E-state index in [2.05, 4.69) is 32.1 Å². The number of hydrogen-bond donors (Lipinski definition) is 4. The molecule has 9 heteroatoms. The monoisotopic (exact) mass is 536 g/mol. The number of halogens is 1. The molecule has 0 unspecified atom stereocenters. The Morgan fingerprint density at radius 3 is 2.73 bits per heavy atom. The van der Waals surface area contributed by atoms with Crippen molar-refractivity contribution in [2.24, 2.45) is 0 Å². The number of allylic oxidation sites excluding steroid dienone is 4. The van der Waals surface area contributed by atoms with Crippen LogP contribution in [0.1, 0.15) is 25.5 Å². The molecule has 0 amide bonds. The lowest BCUT2D eigenvalue weighted by Gasteiger charge is -2.24. The summed E-state index contributed by atoms with van der Waals surface area (Å²) in [5.41, 5.74) is 6.40. The Labute approximate surface area is 230 Å². The molecule has 0 spiro atoms. The fraction of sp³-hybridized carbons (Fsp3) is 0.194. The molecule has 0 aliphatic carbocycles. The van der Waals surface area contributed by atoms with Crippen LogP contribution in [0.3, 0.4) is 0 Å². The average molecular weight is 537 g/mol. The van der Waals surface area contributed by atoms with Gasteiger partial charge in [-0.2, -0.15) is 5.10 Å². The quantitative estimate of drug-likeness (QED) is 0.144. The van der Waals surface area contributed by atoms with Crippen LogP contribution in [0, 0.1) is 5.82 Å². The van der Waals surface area contributed by atoms with Gasteiger partial charge in [0, 0.05) is 28.7 Å². The van der Waals surface area contributed by atoms with Crippen LogP contribution in [-0.4, -0.2) is 49.4 Å². The van der Waals surface area contributed by atoms with Crippen molar-refractivity contribution in [2.45, 2.75) is 25.9 Å². The van der Waals surface area contributed by atoms with Crippen molar-refractivity contribution in [1.82, 2.24) is 30.5 Å². The van der Waals surface area contributed by atoms with Gasteiger partial charge in [0.05, 0.1) is 22.6 Å². The molecule has 4 aromatic heterocycles. The highest BCUT2D eigenvalue weighted by molar-refractivity contribution is 5.99. The lowest BCUT2D eigenvalue weighted by atomic mass is 10.1. The number of pyridine rings is 2. The van der Waals surface area contributed by atoms with Gasteiger partial charge in [-0.1, -0.05) is 12.7 Å². The zero-order chi connectivity index (χ0) is 27.6. The smallest absolute Gasteiger partial charge is 0.135 e. The predicted molar refractivity (Wildman–Crippen MR) is 155 cm³/mol. The third-order valence-electron chi connectivity index (χ3n) is 7.06. The molecule has 1 aliphatic heterocycles. The summed E-state index contributed by atoms with van der Waals surface area (Å²) in [6, 6.07) is 11.6. The van der Waals surface area contributed by atoms with E-state index in [-0.39, 0.29) is 11.9 Å². The number of hydrogen-bond acceptors (Lipinski definition) is 6. The summed E-state index contributed by atoms with van der Waals surface area (Å²) in [5.74, 6) is 0.0247. The summed E-state index contributed by atoms with van der Waals surface area (Å²) in [6.07, 6.45) is 9.44. The molecule has 1 aliphatic rings. The SMILES string of the molecule is C=C/C(=C\C(=C/C)c1ccc2[nH]nc(-c3cc4c(-c5cc(O)cc(F)c5)nccc4[nH]3)c2n1)OC1CCNCC1. The first kappa shape index (κ1) is 25.5. The lowest BCUT2D eigenvalue weighted by Crippen LogP contribution is -2.32. The number of H-pyrrole nitrogens is 2. The molecule has 0 saturated carbocycles. The molecule has 1 fully saturated rings. The highest BCUT2D eigenvalue weighted by Gasteiger charge is 2.18. The molecule has 6 rings (SSSR count). The Balaban J connectivity index is 1.37. The summed E-state index contributed by atoms with van der Waals surface area (Å²) in [6.45, 7) is 7.81. The van der Waals surface area contributed by atoms with E-state index >= 15 is 0 Å². The number of rotatable bonds is 7. The number of nitrogens with zero attached hydrogens (tertiary/aromatic N) is 3. The van der Waals surface area contributed by atoms with E-state index < -0.39 is 5.82 Å². The van der Waals surface area contributed by atoms with Crippen molar-refractivity contribution >= 4 is 27.5 Å². The number of aromatic amines is 2. The Hall–Kier alpha value is -4.76. The zero-order valence-corrected chi connectivity index (χ0v) is 22.0. The predicted octanol–water partition coefficient (Wildman–Crippen LogP) is 6.25. The minimum absolute atomic E-state index is 0.158. The number of ether oxygens (including phenoxy) is 1. The van der Waals surface area contributed by atoms with E-state index in [1.54, 1.807) is 12.3 Å². The van der Waals surface area contributed by atoms with Gasteiger partial charge in [-0.25, -0.2) is 9.37 Å². The second-order valence-corrected chi connectivity index (χ2v) is 9.73. The molecule has 202 valence electrons. The van der Waals surface area contributed by atoms with E-state index in [0.29, 0.717) is 28.2 Å². The van der Waals surface area contributed by atoms with Gasteiger partial charge < -0.3 is 20.1 Å². The number of benzene rings is 1. The zero-order valence-electron chi connectivity index (χ0n) is 22.0. The van der Waals surface area contributed by atoms with Crippen molar-refractivity contribution in [3.8, 4) is 28.4 Å². The molecule has 0 radical (unpaired) electrons. The van der Waals surface area contributed by atoms with Crippen LogP contribution < -0.4 is 5.32 Å². The number of phenols is 1. The Bertz CT molecular complexity index is 1760. The lowest BCUT2D eigenvalue weighted by molar-refractivity contribution is 0.0962. The maximum absolute atomic E-state index is 14.0. The molecule has 8 nitrogen and oxygen atoms in total. The summed E-state index contributed by atoms with van der Waals surface area (Å²) >= 11 is 0. The van der Waals surface area contributed by atoms with Gasteiger partial charge >= 0.3 is 0 Å². The number of fused-ring (bicyclic) bond motifs is 2. The molecule has 0 bridgehead atoms. The summed E-state index contributed by atoms with van der Waals surface area (Å²) in [5, 5.41) is 21.7. The summed E-state index contributed by atoms with van der Waals surface area (Å²) in [7, 11) is 0. The molecular formula is C31H29FN6O2. The third kappa shape index (κ3) is 4.99. The van der Waals surface area contributed by atoms with Gasteiger partial charge in [-0.15, -0.1) is 0 Å². The number of piperidine rings is 1. The van der Waals surface area contributed by atoms with Crippen molar-refractivity contribution in [1.29, 1.82) is 0 Å². The molecule has 1 aromatic carbocycles. The van der Waals surface area contributed by atoms with Crippen LogP contribution in [-0.2, 0) is 4.74 Å². The maximum Gasteiger partial charge on any atom is 0.135 e. The van der Waals surface area contributed by atoms with Crippen LogP contribution in [0.4, 0.5) is 4.39 Å². The topological polar surface area (TPSA) is 112 Å². The van der Waals surface area contributed by atoms with Gasteiger partial charge in [-0.05, 0) is 87.0 Å².